The minimum Gasteiger partial charge on any atom is -0.496 e. The first-order valence-corrected chi connectivity index (χ1v) is 34.2. The Morgan fingerprint density at radius 1 is 0.452 bits per heavy atom. The summed E-state index contributed by atoms with van der Waals surface area (Å²) in [4.78, 5) is 77.5. The lowest BCUT2D eigenvalue weighted by Crippen LogP contribution is -2.41. The average Bonchev–Trinajstić information content (AvgIpc) is 1.65. The zero-order valence-electron chi connectivity index (χ0n) is 63.5. The number of nitrogens with zero attached hydrogens (tertiary/aromatic N) is 53. The number of ether oxygens (including phenoxy) is 4. The molecule has 2 aliphatic rings. The van der Waals surface area contributed by atoms with Gasteiger partial charge in [-0.2, -0.15) is 38.6 Å². The van der Waals surface area contributed by atoms with Crippen molar-refractivity contribution >= 4 is 92.7 Å². The average molecular weight is 1780 g/mol. The Bertz CT molecular complexity index is 4990. The van der Waals surface area contributed by atoms with Crippen molar-refractivity contribution in [3.05, 3.63) is 144 Å². The summed E-state index contributed by atoms with van der Waals surface area (Å²) in [7, 11) is 4.48. The van der Waals surface area contributed by atoms with E-state index in [-0.39, 0.29) is 28.4 Å². The summed E-state index contributed by atoms with van der Waals surface area (Å²) in [5.74, 6) is -1.81. The van der Waals surface area contributed by atoms with Crippen molar-refractivity contribution in [2.24, 2.45) is 261 Å². The Labute approximate surface area is 702 Å². The number of carboxylic acid groups (broad SMARTS) is 2. The molecule has 8 rings (SSSR count). The van der Waals surface area contributed by atoms with Crippen molar-refractivity contribution < 1.29 is 62.7 Å². The molecule has 1 aromatic heterocycles. The maximum absolute atomic E-state index is 12.5. The van der Waals surface area contributed by atoms with E-state index >= 15 is 0 Å². The number of rotatable bonds is 37. The molecule has 6 N–H and O–H groups in total. The molecule has 0 spiro atoms. The smallest absolute Gasteiger partial charge is 0.327 e. The molecule has 0 bridgehead atoms. The molecule has 0 radical (unpaired) electrons. The molecule has 2 amide bonds. The van der Waals surface area contributed by atoms with Gasteiger partial charge in [0.1, 0.15) is 34.8 Å². The van der Waals surface area contributed by atoms with Gasteiger partial charge in [-0.05, 0) is 163 Å². The van der Waals surface area contributed by atoms with Gasteiger partial charge >= 0.3 is 11.9 Å². The van der Waals surface area contributed by atoms with Gasteiger partial charge in [-0.1, -0.05) is 83.7 Å². The summed E-state index contributed by atoms with van der Waals surface area (Å²) in [6.07, 6.45) is 2.56. The van der Waals surface area contributed by atoms with Crippen LogP contribution in [0.3, 0.4) is 0 Å². The number of halogens is 1. The van der Waals surface area contributed by atoms with E-state index in [1.807, 2.05) is 48.5 Å². The van der Waals surface area contributed by atoms with Crippen molar-refractivity contribution in [3.63, 3.8) is 0 Å². The minimum atomic E-state index is -1.18. The Morgan fingerprint density at radius 3 is 1.08 bits per heavy atom. The third kappa shape index (κ3) is 50.0. The second-order valence-corrected chi connectivity index (χ2v) is 21.0. The topological polar surface area (TPSA) is 917 Å². The number of para-hydroxylation sites is 4. The lowest BCUT2D eigenvalue weighted by atomic mass is 10.2. The van der Waals surface area contributed by atoms with Gasteiger partial charge < -0.3 is 39.8 Å². The summed E-state index contributed by atoms with van der Waals surface area (Å²) < 4.78 is 21.4. The van der Waals surface area contributed by atoms with Gasteiger partial charge in [-0.25, -0.2) is 9.59 Å². The van der Waals surface area contributed by atoms with Crippen LogP contribution < -0.4 is 24.8 Å². The number of carbonyl (C=O) groups excluding carboxylic acids is 5. The number of amides is 2. The predicted octanol–water partition coefficient (Wildman–Crippen LogP) is 17.4. The molecule has 73 heteroatoms. The van der Waals surface area contributed by atoms with E-state index in [0.29, 0.717) is 45.0 Å². The number of hydrogen-bond donors (Lipinski definition) is 7. The van der Waals surface area contributed by atoms with Gasteiger partial charge in [0.05, 0.1) is 55.8 Å². The number of carbonyl (C=O) groups is 7. The summed E-state index contributed by atoms with van der Waals surface area (Å²) >= 11 is 9.83. The molecule has 644 valence electrons. The summed E-state index contributed by atoms with van der Waals surface area (Å²) in [6.45, 7) is 5.25. The number of aromatic nitrogens is 3. The number of aliphatic carboxylic acids is 2. The van der Waals surface area contributed by atoms with Crippen LogP contribution in [-0.2, 0) is 30.5 Å². The number of azo groups is 1. The summed E-state index contributed by atoms with van der Waals surface area (Å²) in [5, 5.41) is 178. The monoisotopic (exact) mass is 1780 g/mol. The van der Waals surface area contributed by atoms with E-state index in [2.05, 4.69) is 301 Å². The second kappa shape index (κ2) is 69.6. The second-order valence-electron chi connectivity index (χ2n) is 19.3. The van der Waals surface area contributed by atoms with E-state index < -0.39 is 35.2 Å². The van der Waals surface area contributed by atoms with E-state index in [0.717, 1.165) is 37.2 Å². The van der Waals surface area contributed by atoms with Crippen molar-refractivity contribution in [1.82, 2.24) is 25.6 Å². The van der Waals surface area contributed by atoms with Gasteiger partial charge in [0.15, 0.2) is 0 Å². The lowest BCUT2D eigenvalue weighted by molar-refractivity contribution is -0.141. The first kappa shape index (κ1) is 102. The van der Waals surface area contributed by atoms with Crippen LogP contribution >= 0.6 is 36.0 Å². The van der Waals surface area contributed by atoms with Crippen LogP contribution in [0.5, 0.6) is 17.2 Å². The van der Waals surface area contributed by atoms with Crippen molar-refractivity contribution in [3.8, 4) is 17.2 Å². The van der Waals surface area contributed by atoms with Crippen LogP contribution in [0.15, 0.2) is 382 Å². The first-order valence-electron chi connectivity index (χ1n) is 32.2. The number of fused-ring (bicyclic) bond motifs is 2. The highest BCUT2D eigenvalue weighted by Crippen LogP contribution is 2.26. The van der Waals surface area contributed by atoms with Gasteiger partial charge in [0.25, 0.3) is 11.1 Å². The molecule has 6 aromatic rings. The minimum absolute atomic E-state index is 0.0498. The van der Waals surface area contributed by atoms with Gasteiger partial charge in [-0.3, -0.25) is 24.0 Å². The van der Waals surface area contributed by atoms with Gasteiger partial charge in [0, 0.05) is 211 Å². The van der Waals surface area contributed by atoms with Crippen LogP contribution in [0, 0.1) is 11.1 Å². The SMILES string of the molecule is C1CCOC1.CC(=O)N[C@@H](CS)C(=O)O.COc1ccccc1C(=O)Cl.COc1ccccc1C(=O)SC[C@H](NC(C)=O)C(=O)O.COc1ccccc1C(=O)n1nnc2ccccc21.N=N/N=N/N=N/N=N/N=N/N=N/N=N/N=N/N=N/N=N/N=N/N=N/N=N/N=N/N=N/N=N/N=N/N=N/N=N/N=N/N=N/N=N/N=N/N=N/N=N.c1ccc2c(c1)CN=N2. The Morgan fingerprint density at radius 2 is 0.766 bits per heavy atom. The zero-order valence-corrected chi connectivity index (χ0v) is 65.9. The number of methoxy groups -OCH3 is 3. The van der Waals surface area contributed by atoms with Crippen LogP contribution in [0.25, 0.3) is 11.0 Å². The lowest BCUT2D eigenvalue weighted by Gasteiger charge is -2.12. The molecule has 5 aromatic carbocycles. The van der Waals surface area contributed by atoms with Crippen molar-refractivity contribution in [1.29, 1.82) is 11.1 Å². The predicted molar refractivity (Wildman–Crippen MR) is 404 cm³/mol. The standard InChI is InChI=1S/C14H11N3O2.C13H15NO5S.C8H7ClO2.C7H6N2.C5H9NO3S.C4H8O.H2N50/c1-19-13-9-5-2-6-10(13)14(18)17-12-8-4-3-7-11(12)15-16-17;1-8(15)14-10(12(16)17)7-20-13(18)9-5-3-4-6-11(9)19-2;1-11-7-5-3-2-4-6(7)8(9)10;1-2-4-7-6(3-1)5-8-9-7;1-3(7)6-4(2-10)5(8)9;1-2-4-5-3-1;1-3-5-7-9-11-13-15-17-19-21-23-25-27-29-31-33-35-37-39-41-43-45-47-49-50-48-46-44-42-40-38-36-34-32-30-28-26-24-22-20-18-16-14-12-10-8-6-4-2/h2-9H,1H3;3-6,10H,7H2,1-2H3,(H,14,15)(H,16,17);2-5H,1H3;1-4H,5H2;4,10H,2H2,1H3,(H,6,7)(H,8,9);1-4H2;1-2H/b;;;;;;3-1?,4-2?,7-5+,8-6+,11-9+,12-10+,15-13+,16-14+,19-17+,20-18+,23-21+,24-22+,27-25+,28-26+,31-29+,32-30+,35-33+,36-34+,39-37+,40-38+,43-41+,44-42+,47-45+,48-46+,50-49+/t;10-;;;4-;;/m.0..0../s1. The van der Waals surface area contributed by atoms with E-state index in [9.17, 15) is 33.6 Å². The Kier molecular flexibility index (Phi) is 57.5. The molecule has 2 aliphatic heterocycles. The zero-order chi connectivity index (χ0) is 90.4. The molecular weight excluding hydrogens is 1720 g/mol. The quantitative estimate of drug-likeness (QED) is 0.00824. The van der Waals surface area contributed by atoms with E-state index in [1.54, 1.807) is 66.7 Å². The molecule has 1 fully saturated rings. The number of hydrogen-bond acceptors (Lipinski definition) is 19. The Hall–Kier alpha value is -17.7. The fraction of sp³-hybridized carbons (Fsp3) is 0.275. The number of carboxylic acids is 2. The van der Waals surface area contributed by atoms with Gasteiger partial charge in [-0.15, -0.1) is 5.10 Å². The number of thioether (sulfide) groups is 1. The van der Waals surface area contributed by atoms with Crippen LogP contribution in [0.2, 0.25) is 0 Å². The normalized spacial score (nSPS) is 13.3. The molecule has 70 nitrogen and oxygen atoms in total. The fourth-order valence-electron chi connectivity index (χ4n) is 6.93. The highest BCUT2D eigenvalue weighted by Gasteiger charge is 2.22. The molecule has 124 heavy (non-hydrogen) atoms. The Balaban J connectivity index is 0.000000567. The molecule has 3 heterocycles. The maximum Gasteiger partial charge on any atom is 0.327 e. The van der Waals surface area contributed by atoms with Crippen LogP contribution in [0.4, 0.5) is 5.69 Å². The van der Waals surface area contributed by atoms with E-state index in [4.69, 9.17) is 51.8 Å². The van der Waals surface area contributed by atoms with E-state index in [1.165, 1.54) is 58.3 Å². The van der Waals surface area contributed by atoms with Crippen molar-refractivity contribution in [2.75, 3.05) is 46.0 Å². The molecule has 1 saturated heterocycles. The number of thiol groups is 1. The van der Waals surface area contributed by atoms with Gasteiger partial charge in [0.2, 0.25) is 16.9 Å². The molecule has 0 saturated carbocycles. The highest BCUT2D eigenvalue weighted by molar-refractivity contribution is 8.14. The molecule has 0 aliphatic carbocycles. The third-order valence-corrected chi connectivity index (χ3v) is 13.1. The molecule has 2 atom stereocenters. The largest absolute Gasteiger partial charge is 0.496 e. The number of nitrogens with one attached hydrogen (secondary N) is 4. The molecular formula is C51H58ClN57O13S2. The fourth-order valence-corrected chi connectivity index (χ4v) is 8.20. The first-order chi connectivity index (χ1) is 60.5. The maximum atomic E-state index is 12.5. The summed E-state index contributed by atoms with van der Waals surface area (Å²) in [5.41, 5.74) is 17.3. The summed E-state index contributed by atoms with van der Waals surface area (Å²) in [6, 6.07) is 33.9. The molecule has 0 unspecified atom stereocenters. The van der Waals surface area contributed by atoms with Crippen LogP contribution in [0.1, 0.15) is 63.3 Å². The number of benzene rings is 5. The van der Waals surface area contributed by atoms with Crippen molar-refractivity contribution in [2.45, 2.75) is 45.3 Å². The van der Waals surface area contributed by atoms with Crippen LogP contribution in [-0.4, -0.2) is 123 Å². The third-order valence-electron chi connectivity index (χ3n) is 11.6. The highest BCUT2D eigenvalue weighted by atomic mass is 35.5.